The van der Waals surface area contributed by atoms with Crippen molar-refractivity contribution in [3.63, 3.8) is 0 Å². The maximum absolute atomic E-state index is 13.4. The molecule has 0 fully saturated rings. The number of amides is 1. The van der Waals surface area contributed by atoms with Crippen LogP contribution in [-0.4, -0.2) is 25.2 Å². The Hall–Kier alpha value is -2.53. The molecule has 0 spiro atoms. The van der Waals surface area contributed by atoms with Gasteiger partial charge in [-0.2, -0.15) is 0 Å². The minimum absolute atomic E-state index is 0.00662. The van der Waals surface area contributed by atoms with E-state index in [0.29, 0.717) is 17.9 Å². The van der Waals surface area contributed by atoms with Crippen LogP contribution in [0.1, 0.15) is 96.3 Å². The molecule has 2 aromatic rings. The Bertz CT molecular complexity index is 954. The standard InChI is InChI=1S/C29H43NO4/c1-9-10-11-13-20(22-14-12-15-25(33-7)27(22)34-8)18-26(31)30-24-19-21(29(5,6)32)16-17-23(24)28(2,3)4/h12,14-17,19-20,32H,9-11,13,18H2,1-8H3,(H,30,31). The molecule has 34 heavy (non-hydrogen) atoms. The second-order valence-corrected chi connectivity index (χ2v) is 10.6. The molecule has 2 N–H and O–H groups in total. The van der Waals surface area contributed by atoms with E-state index in [9.17, 15) is 9.90 Å². The molecule has 0 aliphatic heterocycles. The predicted octanol–water partition coefficient (Wildman–Crippen LogP) is 6.92. The number of unbranched alkanes of at least 4 members (excludes halogenated alkanes) is 2. The summed E-state index contributed by atoms with van der Waals surface area (Å²) in [7, 11) is 3.27. The Morgan fingerprint density at radius 1 is 1.03 bits per heavy atom. The Balaban J connectivity index is 2.38. The molecule has 2 aromatic carbocycles. The number of nitrogens with one attached hydrogen (secondary N) is 1. The first-order chi connectivity index (χ1) is 15.9. The van der Waals surface area contributed by atoms with Gasteiger partial charge in [0.2, 0.25) is 5.91 Å². The number of carbonyl (C=O) groups is 1. The Morgan fingerprint density at radius 2 is 1.74 bits per heavy atom. The zero-order valence-corrected chi connectivity index (χ0v) is 22.2. The molecule has 188 valence electrons. The number of methoxy groups -OCH3 is 2. The van der Waals surface area contributed by atoms with Crippen molar-refractivity contribution in [1.82, 2.24) is 0 Å². The van der Waals surface area contributed by atoms with Gasteiger partial charge in [-0.1, -0.05) is 71.2 Å². The van der Waals surface area contributed by atoms with Gasteiger partial charge in [0.05, 0.1) is 19.8 Å². The molecule has 0 saturated carbocycles. The molecule has 0 bridgehead atoms. The summed E-state index contributed by atoms with van der Waals surface area (Å²) in [6, 6.07) is 11.7. The lowest BCUT2D eigenvalue weighted by molar-refractivity contribution is -0.116. The van der Waals surface area contributed by atoms with Crippen molar-refractivity contribution in [3.8, 4) is 11.5 Å². The highest BCUT2D eigenvalue weighted by molar-refractivity contribution is 5.92. The predicted molar refractivity (Wildman–Crippen MR) is 140 cm³/mol. The van der Waals surface area contributed by atoms with Crippen LogP contribution in [0.3, 0.4) is 0 Å². The minimum atomic E-state index is -0.994. The van der Waals surface area contributed by atoms with E-state index in [1.807, 2.05) is 36.4 Å². The third-order valence-electron chi connectivity index (χ3n) is 6.27. The van der Waals surface area contributed by atoms with Crippen molar-refractivity contribution in [2.24, 2.45) is 0 Å². The van der Waals surface area contributed by atoms with Crippen LogP contribution in [-0.2, 0) is 15.8 Å². The summed E-state index contributed by atoms with van der Waals surface area (Å²) in [5, 5.41) is 13.7. The molecule has 0 aliphatic carbocycles. The monoisotopic (exact) mass is 469 g/mol. The fraction of sp³-hybridized carbons (Fsp3) is 0.552. The number of anilines is 1. The van der Waals surface area contributed by atoms with Gasteiger partial charge in [-0.05, 0) is 54.9 Å². The van der Waals surface area contributed by atoms with Crippen LogP contribution in [0.4, 0.5) is 5.69 Å². The minimum Gasteiger partial charge on any atom is -0.493 e. The summed E-state index contributed by atoms with van der Waals surface area (Å²) >= 11 is 0. The fourth-order valence-electron chi connectivity index (χ4n) is 4.35. The van der Waals surface area contributed by atoms with Gasteiger partial charge < -0.3 is 19.9 Å². The van der Waals surface area contributed by atoms with Crippen LogP contribution in [0.15, 0.2) is 36.4 Å². The average Bonchev–Trinajstić information content (AvgIpc) is 2.76. The molecule has 0 saturated heterocycles. The third-order valence-corrected chi connectivity index (χ3v) is 6.27. The normalized spacial score (nSPS) is 12.9. The molecule has 1 atom stereocenters. The fourth-order valence-corrected chi connectivity index (χ4v) is 4.35. The Labute approximate surface area is 205 Å². The molecule has 0 radical (unpaired) electrons. The van der Waals surface area contributed by atoms with Gasteiger partial charge in [0.25, 0.3) is 0 Å². The molecular formula is C29H43NO4. The highest BCUT2D eigenvalue weighted by Gasteiger charge is 2.26. The second kappa shape index (κ2) is 11.7. The Kier molecular flexibility index (Phi) is 9.57. The van der Waals surface area contributed by atoms with Gasteiger partial charge in [0, 0.05) is 17.7 Å². The molecule has 0 heterocycles. The van der Waals surface area contributed by atoms with E-state index in [0.717, 1.165) is 48.1 Å². The first kappa shape index (κ1) is 27.7. The van der Waals surface area contributed by atoms with Crippen molar-refractivity contribution in [2.75, 3.05) is 19.5 Å². The highest BCUT2D eigenvalue weighted by Crippen LogP contribution is 2.40. The summed E-state index contributed by atoms with van der Waals surface area (Å²) in [6.07, 6.45) is 4.50. The molecular weight excluding hydrogens is 426 g/mol. The number of hydrogen-bond donors (Lipinski definition) is 2. The van der Waals surface area contributed by atoms with Gasteiger partial charge in [-0.3, -0.25) is 4.79 Å². The first-order valence-electron chi connectivity index (χ1n) is 12.3. The zero-order chi connectivity index (χ0) is 25.5. The van der Waals surface area contributed by atoms with Crippen LogP contribution in [0.25, 0.3) is 0 Å². The van der Waals surface area contributed by atoms with Gasteiger partial charge in [0.15, 0.2) is 11.5 Å². The quantitative estimate of drug-likeness (QED) is 0.350. The summed E-state index contributed by atoms with van der Waals surface area (Å²) in [5.74, 6) is 1.32. The molecule has 2 rings (SSSR count). The Morgan fingerprint density at radius 3 is 2.29 bits per heavy atom. The lowest BCUT2D eigenvalue weighted by atomic mass is 9.83. The molecule has 1 amide bonds. The van der Waals surface area contributed by atoms with Gasteiger partial charge in [-0.25, -0.2) is 0 Å². The van der Waals surface area contributed by atoms with Gasteiger partial charge >= 0.3 is 0 Å². The van der Waals surface area contributed by atoms with E-state index in [1.54, 1.807) is 28.1 Å². The van der Waals surface area contributed by atoms with E-state index in [2.05, 4.69) is 33.0 Å². The van der Waals surface area contributed by atoms with Crippen LogP contribution in [0, 0.1) is 0 Å². The molecule has 5 heteroatoms. The second-order valence-electron chi connectivity index (χ2n) is 10.6. The molecule has 0 aliphatic rings. The largest absolute Gasteiger partial charge is 0.493 e. The summed E-state index contributed by atoms with van der Waals surface area (Å²) in [6.45, 7) is 12.0. The van der Waals surface area contributed by atoms with Crippen LogP contribution >= 0.6 is 0 Å². The van der Waals surface area contributed by atoms with E-state index in [-0.39, 0.29) is 17.2 Å². The average molecular weight is 470 g/mol. The number of hydrogen-bond acceptors (Lipinski definition) is 4. The van der Waals surface area contributed by atoms with Gasteiger partial charge in [-0.15, -0.1) is 0 Å². The van der Waals surface area contributed by atoms with Crippen molar-refractivity contribution in [2.45, 2.75) is 90.6 Å². The summed E-state index contributed by atoms with van der Waals surface area (Å²) < 4.78 is 11.2. The van der Waals surface area contributed by atoms with E-state index in [4.69, 9.17) is 9.47 Å². The van der Waals surface area contributed by atoms with Crippen molar-refractivity contribution < 1.29 is 19.4 Å². The lowest BCUT2D eigenvalue weighted by Gasteiger charge is -2.27. The van der Waals surface area contributed by atoms with Crippen molar-refractivity contribution >= 4 is 11.6 Å². The zero-order valence-electron chi connectivity index (χ0n) is 22.2. The van der Waals surface area contributed by atoms with Crippen LogP contribution in [0.2, 0.25) is 0 Å². The van der Waals surface area contributed by atoms with Crippen molar-refractivity contribution in [1.29, 1.82) is 0 Å². The molecule has 5 nitrogen and oxygen atoms in total. The third kappa shape index (κ3) is 7.23. The highest BCUT2D eigenvalue weighted by atomic mass is 16.5. The SMILES string of the molecule is CCCCCC(CC(=O)Nc1cc(C(C)(C)O)ccc1C(C)(C)C)c1cccc(OC)c1OC. The summed E-state index contributed by atoms with van der Waals surface area (Å²) in [4.78, 5) is 13.4. The van der Waals surface area contributed by atoms with Crippen LogP contribution < -0.4 is 14.8 Å². The smallest absolute Gasteiger partial charge is 0.224 e. The number of carbonyl (C=O) groups excluding carboxylic acids is 1. The van der Waals surface area contributed by atoms with E-state index >= 15 is 0 Å². The molecule has 1 unspecified atom stereocenters. The van der Waals surface area contributed by atoms with Crippen LogP contribution in [0.5, 0.6) is 11.5 Å². The topological polar surface area (TPSA) is 67.8 Å². The van der Waals surface area contributed by atoms with E-state index in [1.165, 1.54) is 0 Å². The number of ether oxygens (including phenoxy) is 2. The number of para-hydroxylation sites is 1. The maximum Gasteiger partial charge on any atom is 0.224 e. The summed E-state index contributed by atoms with van der Waals surface area (Å²) in [5.41, 5.74) is 2.40. The van der Waals surface area contributed by atoms with Crippen molar-refractivity contribution in [3.05, 3.63) is 53.1 Å². The first-order valence-corrected chi connectivity index (χ1v) is 12.3. The number of aliphatic hydroxyl groups is 1. The number of benzene rings is 2. The molecule has 0 aromatic heterocycles. The van der Waals surface area contributed by atoms with E-state index < -0.39 is 5.60 Å². The lowest BCUT2D eigenvalue weighted by Crippen LogP contribution is -2.22. The maximum atomic E-state index is 13.4. The van der Waals surface area contributed by atoms with Gasteiger partial charge in [0.1, 0.15) is 0 Å². The number of rotatable bonds is 11.